The zero-order valence-electron chi connectivity index (χ0n) is 23.4. The molecule has 2 aliphatic heterocycles. The van der Waals surface area contributed by atoms with Crippen molar-refractivity contribution in [1.82, 2.24) is 23.4 Å². The number of nitriles is 1. The number of sulfonamides is 1. The third-order valence-electron chi connectivity index (χ3n) is 7.47. The summed E-state index contributed by atoms with van der Waals surface area (Å²) in [6.45, 7) is 1.96. The Bertz CT molecular complexity index is 1740. The van der Waals surface area contributed by atoms with E-state index in [4.69, 9.17) is 14.2 Å². The highest BCUT2D eigenvalue weighted by Gasteiger charge is 2.37. The maximum absolute atomic E-state index is 14.1. The van der Waals surface area contributed by atoms with Crippen LogP contribution >= 0.6 is 0 Å². The first-order valence-electron chi connectivity index (χ1n) is 13.6. The molecular weight excluding hydrogens is 558 g/mol. The monoisotopic (exact) mass is 589 g/mol. The van der Waals surface area contributed by atoms with Gasteiger partial charge in [-0.2, -0.15) is 9.57 Å². The minimum absolute atomic E-state index is 0.0337. The van der Waals surface area contributed by atoms with E-state index in [9.17, 15) is 13.7 Å². The molecule has 13 heteroatoms. The van der Waals surface area contributed by atoms with Crippen molar-refractivity contribution in [3.05, 3.63) is 78.3 Å². The number of imidazole rings is 2. The van der Waals surface area contributed by atoms with E-state index in [1.165, 1.54) is 16.8 Å². The number of ether oxygens (including phenoxy) is 3. The maximum Gasteiger partial charge on any atom is 0.262 e. The van der Waals surface area contributed by atoms with Crippen LogP contribution in [0.4, 0.5) is 5.69 Å². The van der Waals surface area contributed by atoms with Gasteiger partial charge < -0.3 is 28.2 Å². The van der Waals surface area contributed by atoms with Gasteiger partial charge in [-0.05, 0) is 42.3 Å². The van der Waals surface area contributed by atoms with E-state index >= 15 is 0 Å². The normalized spacial score (nSPS) is 16.2. The lowest BCUT2D eigenvalue weighted by atomic mass is 9.96. The molecule has 0 bridgehead atoms. The molecule has 0 N–H and O–H groups in total. The lowest BCUT2D eigenvalue weighted by molar-refractivity contribution is 0.159. The average Bonchev–Trinajstić information content (AvgIpc) is 3.62. The second-order valence-corrected chi connectivity index (χ2v) is 12.1. The van der Waals surface area contributed by atoms with E-state index in [0.29, 0.717) is 55.5 Å². The van der Waals surface area contributed by atoms with Crippen LogP contribution in [0.3, 0.4) is 0 Å². The van der Waals surface area contributed by atoms with Gasteiger partial charge in [0.25, 0.3) is 10.0 Å². The van der Waals surface area contributed by atoms with Crippen molar-refractivity contribution in [1.29, 1.82) is 5.26 Å². The third kappa shape index (κ3) is 5.38. The molecule has 0 saturated heterocycles. The van der Waals surface area contributed by atoms with Gasteiger partial charge in [-0.3, -0.25) is 0 Å². The second-order valence-electron chi connectivity index (χ2n) is 10.3. The van der Waals surface area contributed by atoms with Gasteiger partial charge in [-0.1, -0.05) is 6.07 Å². The number of rotatable bonds is 9. The number of anilines is 1. The predicted molar refractivity (Wildman–Crippen MR) is 153 cm³/mol. The van der Waals surface area contributed by atoms with Crippen molar-refractivity contribution in [3.8, 4) is 23.3 Å². The van der Waals surface area contributed by atoms with E-state index in [2.05, 4.69) is 20.9 Å². The molecule has 2 aromatic heterocycles. The van der Waals surface area contributed by atoms with Gasteiger partial charge in [0.2, 0.25) is 5.75 Å². The molecule has 0 fully saturated rings. The molecule has 218 valence electrons. The number of aromatic nitrogens is 4. The fourth-order valence-corrected chi connectivity index (χ4v) is 6.99. The molecule has 0 radical (unpaired) electrons. The molecule has 0 spiro atoms. The topological polar surface area (TPSA) is 128 Å². The summed E-state index contributed by atoms with van der Waals surface area (Å²) in [4.78, 5) is 10.6. The highest BCUT2D eigenvalue weighted by molar-refractivity contribution is 7.89. The van der Waals surface area contributed by atoms with Crippen LogP contribution in [0.15, 0.2) is 66.5 Å². The number of fused-ring (bicyclic) bond motifs is 2. The molecule has 6 rings (SSSR count). The largest absolute Gasteiger partial charge is 0.488 e. The highest BCUT2D eigenvalue weighted by Crippen LogP contribution is 2.39. The number of hydrogen-bond acceptors (Lipinski definition) is 9. The van der Waals surface area contributed by atoms with Gasteiger partial charge in [0, 0.05) is 51.3 Å². The van der Waals surface area contributed by atoms with Crippen molar-refractivity contribution < 1.29 is 22.6 Å². The molecule has 42 heavy (non-hydrogen) atoms. The van der Waals surface area contributed by atoms with Crippen LogP contribution in [0.5, 0.6) is 17.2 Å². The Morgan fingerprint density at radius 3 is 2.79 bits per heavy atom. The molecule has 0 saturated carbocycles. The van der Waals surface area contributed by atoms with E-state index in [-0.39, 0.29) is 18.2 Å². The fraction of sp³-hybridized carbons (Fsp3) is 0.345. The molecule has 0 aliphatic carbocycles. The van der Waals surface area contributed by atoms with Crippen molar-refractivity contribution in [2.75, 3.05) is 37.8 Å². The summed E-state index contributed by atoms with van der Waals surface area (Å²) in [5.74, 6) is 1.61. The summed E-state index contributed by atoms with van der Waals surface area (Å²) in [7, 11) is -0.349. The summed E-state index contributed by atoms with van der Waals surface area (Å²) < 4.78 is 50.7. The standard InChI is InChI=1S/C29H31N7O5S/c1-33-18-28(32-20-33)42(37,38)36(8-9-39-26-4-3-5-27-29(26)41-11-10-40-27)23-13-22-12-21(14-30)6-7-25(22)35(16-23)17-24-15-31-19-34(24)2/h3-7,12,15,18-20,23H,8-11,13,16-17H2,1-2H3. The Labute approximate surface area is 244 Å². The molecule has 1 atom stereocenters. The van der Waals surface area contributed by atoms with E-state index in [1.54, 1.807) is 36.3 Å². The molecule has 0 amide bonds. The second kappa shape index (κ2) is 11.4. The molecule has 4 aromatic rings. The van der Waals surface area contributed by atoms with Crippen LogP contribution in [0, 0.1) is 11.3 Å². The van der Waals surface area contributed by atoms with Gasteiger partial charge in [0.15, 0.2) is 16.5 Å². The zero-order chi connectivity index (χ0) is 29.3. The van der Waals surface area contributed by atoms with Crippen LogP contribution in [-0.2, 0) is 37.1 Å². The van der Waals surface area contributed by atoms with Crippen molar-refractivity contribution >= 4 is 15.7 Å². The third-order valence-corrected chi connectivity index (χ3v) is 9.30. The van der Waals surface area contributed by atoms with Gasteiger partial charge in [0.05, 0.1) is 36.5 Å². The van der Waals surface area contributed by atoms with E-state index in [1.807, 2.05) is 35.9 Å². The summed E-state index contributed by atoms with van der Waals surface area (Å²) in [6.07, 6.45) is 6.94. The number of hydrogen-bond donors (Lipinski definition) is 0. The zero-order valence-corrected chi connectivity index (χ0v) is 24.2. The Morgan fingerprint density at radius 1 is 1.17 bits per heavy atom. The highest BCUT2D eigenvalue weighted by atomic mass is 32.2. The Balaban J connectivity index is 1.33. The summed E-state index contributed by atoms with van der Waals surface area (Å²) >= 11 is 0. The molecule has 4 heterocycles. The van der Waals surface area contributed by atoms with E-state index in [0.717, 1.165) is 16.9 Å². The molecule has 12 nitrogen and oxygen atoms in total. The summed E-state index contributed by atoms with van der Waals surface area (Å²) in [6, 6.07) is 12.7. The van der Waals surface area contributed by atoms with Gasteiger partial charge in [0.1, 0.15) is 19.8 Å². The average molecular weight is 590 g/mol. The van der Waals surface area contributed by atoms with Crippen molar-refractivity contribution in [2.24, 2.45) is 14.1 Å². The molecular formula is C29H31N7O5S. The first kappa shape index (κ1) is 27.6. The van der Waals surface area contributed by atoms with Crippen LogP contribution < -0.4 is 19.1 Å². The molecule has 1 unspecified atom stereocenters. The lowest BCUT2D eigenvalue weighted by Gasteiger charge is -2.40. The van der Waals surface area contributed by atoms with Crippen molar-refractivity contribution in [3.63, 3.8) is 0 Å². The first-order chi connectivity index (χ1) is 20.3. The Morgan fingerprint density at radius 2 is 2.02 bits per heavy atom. The number of benzene rings is 2. The minimum Gasteiger partial charge on any atom is -0.488 e. The Hall–Kier alpha value is -4.54. The smallest absolute Gasteiger partial charge is 0.262 e. The fourth-order valence-electron chi connectivity index (χ4n) is 5.42. The number of nitrogens with zero attached hydrogens (tertiary/aromatic N) is 7. The summed E-state index contributed by atoms with van der Waals surface area (Å²) in [5, 5.41) is 9.55. The van der Waals surface area contributed by atoms with Crippen molar-refractivity contribution in [2.45, 2.75) is 24.0 Å². The SMILES string of the molecule is Cn1cnc(S(=O)(=O)N(CCOc2cccc3c2OCCO3)C2Cc3cc(C#N)ccc3N(Cc3cncn3C)C2)c1. The van der Waals surface area contributed by atoms with Crippen LogP contribution in [0.2, 0.25) is 0 Å². The lowest BCUT2D eigenvalue weighted by Crippen LogP contribution is -2.52. The van der Waals surface area contributed by atoms with Gasteiger partial charge >= 0.3 is 0 Å². The summed E-state index contributed by atoms with van der Waals surface area (Å²) in [5.41, 5.74) is 3.36. The number of aryl methyl sites for hydroxylation is 2. The van der Waals surface area contributed by atoms with Crippen LogP contribution in [-0.4, -0.2) is 70.8 Å². The quantitative estimate of drug-likeness (QED) is 0.289. The molecule has 2 aromatic carbocycles. The minimum atomic E-state index is -4.01. The maximum atomic E-state index is 14.1. The van der Waals surface area contributed by atoms with E-state index < -0.39 is 16.1 Å². The Kier molecular flexibility index (Phi) is 7.49. The van der Waals surface area contributed by atoms with Crippen LogP contribution in [0.1, 0.15) is 16.8 Å². The van der Waals surface area contributed by atoms with Gasteiger partial charge in [-0.15, -0.1) is 0 Å². The molecule has 2 aliphatic rings. The predicted octanol–water partition coefficient (Wildman–Crippen LogP) is 2.50. The van der Waals surface area contributed by atoms with Crippen LogP contribution in [0.25, 0.3) is 0 Å². The van der Waals surface area contributed by atoms with Gasteiger partial charge in [-0.25, -0.2) is 18.4 Å². The first-order valence-corrected chi connectivity index (χ1v) is 15.0. The number of para-hydroxylation sites is 1.